The number of hydrogen-bond acceptors (Lipinski definition) is 3. The van der Waals surface area contributed by atoms with Crippen LogP contribution in [0.15, 0.2) is 66.7 Å². The number of nitrogens with one attached hydrogen (secondary N) is 3. The first-order valence-corrected chi connectivity index (χ1v) is 9.97. The fourth-order valence-corrected chi connectivity index (χ4v) is 3.39. The predicted octanol–water partition coefficient (Wildman–Crippen LogP) is 5.34. The van der Waals surface area contributed by atoms with Gasteiger partial charge in [-0.1, -0.05) is 47.0 Å². The molecule has 0 heterocycles. The number of benzene rings is 3. The largest absolute Gasteiger partial charge is 0.332 e. The van der Waals surface area contributed by atoms with Gasteiger partial charge in [-0.15, -0.1) is 0 Å². The summed E-state index contributed by atoms with van der Waals surface area (Å²) in [7, 11) is 0. The van der Waals surface area contributed by atoms with Crippen LogP contribution in [0.1, 0.15) is 31.8 Å². The van der Waals surface area contributed by atoms with Crippen LogP contribution in [0.25, 0.3) is 0 Å². The van der Waals surface area contributed by atoms with Crippen molar-refractivity contribution >= 4 is 52.1 Å². The zero-order valence-electron chi connectivity index (χ0n) is 16.5. The van der Waals surface area contributed by atoms with Gasteiger partial charge in [0.2, 0.25) is 0 Å². The second-order valence-electron chi connectivity index (χ2n) is 6.80. The lowest BCUT2D eigenvalue weighted by molar-refractivity contribution is 0.0976. The Labute approximate surface area is 185 Å². The molecule has 3 aromatic carbocycles. The van der Waals surface area contributed by atoms with Crippen molar-refractivity contribution in [2.24, 2.45) is 0 Å². The van der Waals surface area contributed by atoms with Gasteiger partial charge in [0.05, 0.1) is 10.6 Å². The molecule has 3 rings (SSSR count). The molecular formula is C23H20ClN3O2S. The number of hydrogen-bond donors (Lipinski definition) is 3. The number of carbonyl (C=O) groups excluding carboxylic acids is 2. The molecule has 0 atom stereocenters. The van der Waals surface area contributed by atoms with Crippen molar-refractivity contribution in [3.05, 3.63) is 94.0 Å². The third kappa shape index (κ3) is 5.65. The van der Waals surface area contributed by atoms with Crippen LogP contribution >= 0.6 is 23.8 Å². The monoisotopic (exact) mass is 437 g/mol. The summed E-state index contributed by atoms with van der Waals surface area (Å²) >= 11 is 11.3. The number of halogens is 1. The summed E-state index contributed by atoms with van der Waals surface area (Å²) in [5.41, 5.74) is 4.11. The van der Waals surface area contributed by atoms with Crippen molar-refractivity contribution in [3.63, 3.8) is 0 Å². The highest BCUT2D eigenvalue weighted by atomic mass is 35.5. The van der Waals surface area contributed by atoms with E-state index in [0.717, 1.165) is 11.1 Å². The molecule has 0 unspecified atom stereocenters. The van der Waals surface area contributed by atoms with Crippen LogP contribution in [0.4, 0.5) is 11.4 Å². The quantitative estimate of drug-likeness (QED) is 0.482. The summed E-state index contributed by atoms with van der Waals surface area (Å²) in [6, 6.07) is 19.4. The van der Waals surface area contributed by atoms with Gasteiger partial charge in [0.15, 0.2) is 5.11 Å². The average Bonchev–Trinajstić information content (AvgIpc) is 2.67. The highest BCUT2D eigenvalue weighted by molar-refractivity contribution is 7.80. The minimum absolute atomic E-state index is 0.161. The first-order valence-electron chi connectivity index (χ1n) is 9.18. The van der Waals surface area contributed by atoms with Crippen LogP contribution in [-0.4, -0.2) is 16.9 Å². The topological polar surface area (TPSA) is 70.2 Å². The lowest BCUT2D eigenvalue weighted by Gasteiger charge is -2.12. The van der Waals surface area contributed by atoms with Crippen LogP contribution in [-0.2, 0) is 0 Å². The summed E-state index contributed by atoms with van der Waals surface area (Å²) in [4.78, 5) is 24.9. The van der Waals surface area contributed by atoms with E-state index >= 15 is 0 Å². The standard InChI is InChI=1S/C23H20ClN3O2S/c1-14-10-15(2)12-16(11-14)21(28)27-23(30)26-18-7-5-6-17(13-18)25-22(29)19-8-3-4-9-20(19)24/h3-13H,1-2H3,(H,25,29)(H2,26,27,28,30). The highest BCUT2D eigenvalue weighted by Gasteiger charge is 2.11. The number of amides is 2. The summed E-state index contributed by atoms with van der Waals surface area (Å²) in [6.45, 7) is 3.87. The Kier molecular flexibility index (Phi) is 6.82. The van der Waals surface area contributed by atoms with Crippen LogP contribution in [0.5, 0.6) is 0 Å². The van der Waals surface area contributed by atoms with Crippen LogP contribution in [0, 0.1) is 13.8 Å². The van der Waals surface area contributed by atoms with E-state index in [4.69, 9.17) is 23.8 Å². The van der Waals surface area contributed by atoms with Crippen LogP contribution in [0.3, 0.4) is 0 Å². The van der Waals surface area contributed by atoms with Gasteiger partial charge < -0.3 is 10.6 Å². The second-order valence-corrected chi connectivity index (χ2v) is 7.61. The summed E-state index contributed by atoms with van der Waals surface area (Å²) in [5.74, 6) is -0.606. The molecule has 152 valence electrons. The lowest BCUT2D eigenvalue weighted by atomic mass is 10.1. The molecule has 7 heteroatoms. The maximum absolute atomic E-state index is 12.4. The molecule has 0 fully saturated rings. The van der Waals surface area contributed by atoms with Crippen molar-refractivity contribution in [1.29, 1.82) is 0 Å². The molecule has 5 nitrogen and oxygen atoms in total. The number of carbonyl (C=O) groups is 2. The van der Waals surface area contributed by atoms with E-state index in [-0.39, 0.29) is 16.9 Å². The van der Waals surface area contributed by atoms with E-state index in [1.54, 1.807) is 60.7 Å². The first-order chi connectivity index (χ1) is 14.3. The first kappa shape index (κ1) is 21.5. The zero-order valence-corrected chi connectivity index (χ0v) is 18.0. The second kappa shape index (κ2) is 9.52. The molecule has 0 spiro atoms. The number of aryl methyl sites for hydroxylation is 2. The van der Waals surface area contributed by atoms with Gasteiger partial charge in [-0.2, -0.15) is 0 Å². The van der Waals surface area contributed by atoms with E-state index in [9.17, 15) is 9.59 Å². The van der Waals surface area contributed by atoms with Crippen molar-refractivity contribution in [2.45, 2.75) is 13.8 Å². The van der Waals surface area contributed by atoms with Gasteiger partial charge >= 0.3 is 0 Å². The molecule has 3 aromatic rings. The Bertz CT molecular complexity index is 1110. The van der Waals surface area contributed by atoms with Crippen LogP contribution < -0.4 is 16.0 Å². The van der Waals surface area contributed by atoms with Crippen molar-refractivity contribution < 1.29 is 9.59 Å². The van der Waals surface area contributed by atoms with Crippen molar-refractivity contribution in [2.75, 3.05) is 10.6 Å². The van der Waals surface area contributed by atoms with Gasteiger partial charge in [-0.25, -0.2) is 0 Å². The molecular weight excluding hydrogens is 418 g/mol. The predicted molar refractivity (Wildman–Crippen MR) is 125 cm³/mol. The molecule has 0 aliphatic heterocycles. The molecule has 0 aliphatic rings. The Morgan fingerprint density at radius 2 is 1.43 bits per heavy atom. The lowest BCUT2D eigenvalue weighted by Crippen LogP contribution is -2.34. The third-order valence-corrected chi connectivity index (χ3v) is 4.74. The van der Waals surface area contributed by atoms with Gasteiger partial charge in [-0.3, -0.25) is 14.9 Å². The van der Waals surface area contributed by atoms with Gasteiger partial charge in [0, 0.05) is 16.9 Å². The molecule has 0 bridgehead atoms. The molecule has 0 radical (unpaired) electrons. The molecule has 30 heavy (non-hydrogen) atoms. The summed E-state index contributed by atoms with van der Waals surface area (Å²) in [5, 5.41) is 8.96. The Hall–Kier alpha value is -3.22. The maximum atomic E-state index is 12.4. The van der Waals surface area contributed by atoms with Gasteiger partial charge in [0.25, 0.3) is 11.8 Å². The van der Waals surface area contributed by atoms with E-state index < -0.39 is 0 Å². The van der Waals surface area contributed by atoms with E-state index in [0.29, 0.717) is 27.5 Å². The number of anilines is 2. The normalized spacial score (nSPS) is 10.2. The van der Waals surface area contributed by atoms with Gasteiger partial charge in [0.1, 0.15) is 0 Å². The van der Waals surface area contributed by atoms with Gasteiger partial charge in [-0.05, 0) is 68.5 Å². The molecule has 2 amide bonds. The number of thiocarbonyl (C=S) groups is 1. The summed E-state index contributed by atoms with van der Waals surface area (Å²) in [6.07, 6.45) is 0. The Morgan fingerprint density at radius 3 is 2.10 bits per heavy atom. The van der Waals surface area contributed by atoms with Crippen molar-refractivity contribution in [3.8, 4) is 0 Å². The minimum Gasteiger partial charge on any atom is -0.332 e. The molecule has 0 aromatic heterocycles. The van der Waals surface area contributed by atoms with Crippen LogP contribution in [0.2, 0.25) is 5.02 Å². The fraction of sp³-hybridized carbons (Fsp3) is 0.0870. The summed E-state index contributed by atoms with van der Waals surface area (Å²) < 4.78 is 0. The van der Waals surface area contributed by atoms with E-state index in [1.807, 2.05) is 19.9 Å². The Morgan fingerprint density at radius 1 is 0.800 bits per heavy atom. The zero-order chi connectivity index (χ0) is 21.7. The van der Waals surface area contributed by atoms with Crippen molar-refractivity contribution in [1.82, 2.24) is 5.32 Å². The average molecular weight is 438 g/mol. The third-order valence-electron chi connectivity index (χ3n) is 4.21. The molecule has 0 aliphatic carbocycles. The maximum Gasteiger partial charge on any atom is 0.257 e. The Balaban J connectivity index is 1.64. The van der Waals surface area contributed by atoms with E-state index in [2.05, 4.69) is 16.0 Å². The fourth-order valence-electron chi connectivity index (χ4n) is 2.96. The molecule has 0 saturated carbocycles. The van der Waals surface area contributed by atoms with E-state index in [1.165, 1.54) is 0 Å². The number of rotatable bonds is 4. The molecule has 0 saturated heterocycles. The molecule has 3 N–H and O–H groups in total. The highest BCUT2D eigenvalue weighted by Crippen LogP contribution is 2.19. The smallest absolute Gasteiger partial charge is 0.257 e. The SMILES string of the molecule is Cc1cc(C)cc(C(=O)NC(=S)Nc2cccc(NC(=O)c3ccccc3Cl)c2)c1. The minimum atomic E-state index is -0.316.